The standard InChI is InChI=1S/C21H22F6N2O/c1-4-16-28-19(20(22,23)24,21(25,26)27)17-14(10-18(2,3)11-15(17)30)29(16)12-13-8-6-5-7-9-13/h5-9H,4,10-12H2,1-3H3. The Morgan fingerprint density at radius 1 is 1.00 bits per heavy atom. The average molecular weight is 432 g/mol. The van der Waals surface area contributed by atoms with Crippen molar-refractivity contribution in [3.8, 4) is 0 Å². The van der Waals surface area contributed by atoms with Crippen molar-refractivity contribution >= 4 is 11.6 Å². The first-order chi connectivity index (χ1) is 13.7. The number of rotatable bonds is 3. The van der Waals surface area contributed by atoms with Gasteiger partial charge >= 0.3 is 12.4 Å². The first-order valence-electron chi connectivity index (χ1n) is 9.54. The summed E-state index contributed by atoms with van der Waals surface area (Å²) in [5, 5.41) is 0. The number of amidine groups is 1. The van der Waals surface area contributed by atoms with E-state index in [2.05, 4.69) is 4.99 Å². The van der Waals surface area contributed by atoms with E-state index in [0.717, 1.165) is 0 Å². The fourth-order valence-electron chi connectivity index (χ4n) is 4.19. The normalized spacial score (nSPS) is 21.4. The van der Waals surface area contributed by atoms with Gasteiger partial charge in [0.25, 0.3) is 5.54 Å². The zero-order valence-corrected chi connectivity index (χ0v) is 16.8. The zero-order valence-electron chi connectivity index (χ0n) is 16.8. The van der Waals surface area contributed by atoms with Crippen LogP contribution in [0, 0.1) is 5.41 Å². The van der Waals surface area contributed by atoms with Crippen LogP contribution in [0.3, 0.4) is 0 Å². The Balaban J connectivity index is 2.32. The van der Waals surface area contributed by atoms with Crippen molar-refractivity contribution in [2.45, 2.75) is 64.5 Å². The summed E-state index contributed by atoms with van der Waals surface area (Å²) in [5.74, 6) is -1.49. The predicted molar refractivity (Wildman–Crippen MR) is 99.6 cm³/mol. The topological polar surface area (TPSA) is 32.7 Å². The molecule has 0 radical (unpaired) electrons. The van der Waals surface area contributed by atoms with Crippen molar-refractivity contribution in [2.75, 3.05) is 0 Å². The summed E-state index contributed by atoms with van der Waals surface area (Å²) < 4.78 is 84.4. The maximum atomic E-state index is 14.1. The van der Waals surface area contributed by atoms with Crippen molar-refractivity contribution in [2.24, 2.45) is 10.4 Å². The van der Waals surface area contributed by atoms with Crippen LogP contribution in [0.15, 0.2) is 46.6 Å². The second kappa shape index (κ2) is 7.13. The minimum Gasteiger partial charge on any atom is -0.329 e. The fraction of sp³-hybridized carbons (Fsp3) is 0.524. The lowest BCUT2D eigenvalue weighted by Gasteiger charge is -2.48. The van der Waals surface area contributed by atoms with Gasteiger partial charge in [0.15, 0.2) is 5.78 Å². The maximum Gasteiger partial charge on any atom is 0.427 e. The van der Waals surface area contributed by atoms with Crippen molar-refractivity contribution in [3.05, 3.63) is 47.2 Å². The van der Waals surface area contributed by atoms with Crippen molar-refractivity contribution in [3.63, 3.8) is 0 Å². The number of carbonyl (C=O) groups excluding carboxylic acids is 1. The molecular formula is C21H22F6N2O. The van der Waals surface area contributed by atoms with Gasteiger partial charge in [0.05, 0.1) is 5.57 Å². The molecule has 2 aliphatic rings. The SMILES string of the molecule is CCC1=NC(C(F)(F)F)(C(F)(F)F)C2=C(CC(C)(C)CC2=O)N1Cc1ccccc1. The molecule has 30 heavy (non-hydrogen) atoms. The molecule has 1 heterocycles. The molecule has 0 N–H and O–H groups in total. The second-order valence-corrected chi connectivity index (χ2v) is 8.42. The molecule has 1 aromatic rings. The molecule has 0 atom stereocenters. The van der Waals surface area contributed by atoms with Gasteiger partial charge in [0.2, 0.25) is 0 Å². The van der Waals surface area contributed by atoms with E-state index in [9.17, 15) is 31.1 Å². The zero-order chi connectivity index (χ0) is 22.5. The number of ketones is 1. The number of halogens is 6. The van der Waals surface area contributed by atoms with E-state index < -0.39 is 41.1 Å². The predicted octanol–water partition coefficient (Wildman–Crippen LogP) is 5.82. The molecule has 1 aromatic carbocycles. The number of aliphatic imine (C=N–C) groups is 1. The second-order valence-electron chi connectivity index (χ2n) is 8.42. The minimum atomic E-state index is -5.80. The Labute approximate surface area is 170 Å². The van der Waals surface area contributed by atoms with Crippen LogP contribution in [0.2, 0.25) is 0 Å². The smallest absolute Gasteiger partial charge is 0.329 e. The van der Waals surface area contributed by atoms with Crippen LogP contribution in [0.1, 0.15) is 45.6 Å². The van der Waals surface area contributed by atoms with Gasteiger partial charge in [0, 0.05) is 25.1 Å². The van der Waals surface area contributed by atoms with Crippen LogP contribution in [-0.2, 0) is 11.3 Å². The number of carbonyl (C=O) groups is 1. The van der Waals surface area contributed by atoms with Crippen molar-refractivity contribution in [1.82, 2.24) is 4.90 Å². The van der Waals surface area contributed by atoms with Gasteiger partial charge in [0.1, 0.15) is 5.84 Å². The van der Waals surface area contributed by atoms with Crippen molar-refractivity contribution in [1.29, 1.82) is 0 Å². The van der Waals surface area contributed by atoms with E-state index in [1.165, 1.54) is 11.8 Å². The molecule has 0 saturated carbocycles. The summed E-state index contributed by atoms with van der Waals surface area (Å²) in [7, 11) is 0. The van der Waals surface area contributed by atoms with E-state index >= 15 is 0 Å². The number of nitrogens with zero attached hydrogens (tertiary/aromatic N) is 2. The van der Waals surface area contributed by atoms with E-state index in [-0.39, 0.29) is 30.9 Å². The molecule has 0 fully saturated rings. The van der Waals surface area contributed by atoms with Crippen LogP contribution in [0.4, 0.5) is 26.3 Å². The number of hydrogen-bond acceptors (Lipinski definition) is 3. The summed E-state index contributed by atoms with van der Waals surface area (Å²) >= 11 is 0. The van der Waals surface area contributed by atoms with Crippen LogP contribution < -0.4 is 0 Å². The van der Waals surface area contributed by atoms with Gasteiger partial charge < -0.3 is 4.90 Å². The number of benzene rings is 1. The first-order valence-corrected chi connectivity index (χ1v) is 9.54. The van der Waals surface area contributed by atoms with Gasteiger partial charge in [-0.3, -0.25) is 4.79 Å². The molecule has 0 saturated heterocycles. The highest BCUT2D eigenvalue weighted by atomic mass is 19.4. The van der Waals surface area contributed by atoms with Crippen molar-refractivity contribution < 1.29 is 31.1 Å². The molecule has 1 aliphatic carbocycles. The summed E-state index contributed by atoms with van der Waals surface area (Å²) in [6, 6.07) is 8.65. The molecule has 164 valence electrons. The lowest BCUT2D eigenvalue weighted by Crippen LogP contribution is -2.63. The van der Waals surface area contributed by atoms with Crippen LogP contribution in [-0.4, -0.2) is 34.4 Å². The van der Waals surface area contributed by atoms with E-state index in [0.29, 0.717) is 5.56 Å². The van der Waals surface area contributed by atoms with E-state index in [1.807, 2.05) is 0 Å². The third-order valence-corrected chi connectivity index (χ3v) is 5.47. The number of Topliss-reactive ketones (excluding diaryl/α,β-unsaturated/α-hetero) is 1. The molecule has 0 aromatic heterocycles. The van der Waals surface area contributed by atoms with Crippen LogP contribution in [0.5, 0.6) is 0 Å². The van der Waals surface area contributed by atoms with Gasteiger partial charge in [-0.25, -0.2) is 4.99 Å². The monoisotopic (exact) mass is 432 g/mol. The van der Waals surface area contributed by atoms with Crippen LogP contribution >= 0.6 is 0 Å². The van der Waals surface area contributed by atoms with E-state index in [4.69, 9.17) is 0 Å². The maximum absolute atomic E-state index is 14.1. The van der Waals surface area contributed by atoms with Crippen LogP contribution in [0.25, 0.3) is 0 Å². The largest absolute Gasteiger partial charge is 0.427 e. The summed E-state index contributed by atoms with van der Waals surface area (Å²) in [4.78, 5) is 17.4. The molecule has 3 nitrogen and oxygen atoms in total. The number of allylic oxidation sites excluding steroid dienone is 1. The molecule has 3 rings (SSSR count). The lowest BCUT2D eigenvalue weighted by molar-refractivity contribution is -0.283. The molecule has 9 heteroatoms. The number of hydrogen-bond donors (Lipinski definition) is 0. The fourth-order valence-corrected chi connectivity index (χ4v) is 4.19. The highest BCUT2D eigenvalue weighted by Crippen LogP contribution is 2.57. The third kappa shape index (κ3) is 3.52. The quantitative estimate of drug-likeness (QED) is 0.564. The van der Waals surface area contributed by atoms with Gasteiger partial charge in [-0.15, -0.1) is 0 Å². The highest BCUT2D eigenvalue weighted by molar-refractivity contribution is 6.03. The molecule has 0 spiro atoms. The van der Waals surface area contributed by atoms with Gasteiger partial charge in [-0.2, -0.15) is 26.3 Å². The number of alkyl halides is 6. The Morgan fingerprint density at radius 3 is 2.07 bits per heavy atom. The minimum absolute atomic E-state index is 0.0293. The van der Waals surface area contributed by atoms with Gasteiger partial charge in [-0.05, 0) is 17.4 Å². The molecule has 1 aliphatic heterocycles. The summed E-state index contributed by atoms with van der Waals surface area (Å²) in [5.41, 5.74) is -6.14. The molecule has 0 unspecified atom stereocenters. The highest BCUT2D eigenvalue weighted by Gasteiger charge is 2.76. The average Bonchev–Trinajstić information content (AvgIpc) is 2.60. The summed E-state index contributed by atoms with van der Waals surface area (Å²) in [6.45, 7) is 4.81. The van der Waals surface area contributed by atoms with E-state index in [1.54, 1.807) is 44.2 Å². The molecule has 0 amide bonds. The Morgan fingerprint density at radius 2 is 1.57 bits per heavy atom. The molecular weight excluding hydrogens is 410 g/mol. The summed E-state index contributed by atoms with van der Waals surface area (Å²) in [6.07, 6.45) is -12.2. The third-order valence-electron chi connectivity index (χ3n) is 5.47. The Kier molecular flexibility index (Phi) is 5.31. The van der Waals surface area contributed by atoms with Gasteiger partial charge in [-0.1, -0.05) is 51.1 Å². The lowest BCUT2D eigenvalue weighted by atomic mass is 9.69. The Hall–Kier alpha value is -2.32. The molecule has 0 bridgehead atoms. The first kappa shape index (κ1) is 22.4. The Bertz CT molecular complexity index is 882.